The van der Waals surface area contributed by atoms with Crippen LogP contribution in [0.15, 0.2) is 10.6 Å². The van der Waals surface area contributed by atoms with Crippen LogP contribution >= 0.6 is 34.8 Å². The van der Waals surface area contributed by atoms with Crippen molar-refractivity contribution in [1.29, 1.82) is 0 Å². The van der Waals surface area contributed by atoms with Gasteiger partial charge >= 0.3 is 5.97 Å². The van der Waals surface area contributed by atoms with Gasteiger partial charge in [0.25, 0.3) is 0 Å². The molecule has 0 radical (unpaired) electrons. The zero-order valence-electron chi connectivity index (χ0n) is 8.31. The maximum absolute atomic E-state index is 11.1. The largest absolute Gasteiger partial charge is 0.469 e. The van der Waals surface area contributed by atoms with E-state index in [1.54, 1.807) is 0 Å². The quantitative estimate of drug-likeness (QED) is 0.570. The molecule has 14 heavy (non-hydrogen) atoms. The van der Waals surface area contributed by atoms with Crippen molar-refractivity contribution in [2.45, 2.75) is 25.6 Å². The fraction of sp³-hybridized carbons (Fsp3) is 0.667. The Labute approximate surface area is 99.2 Å². The maximum atomic E-state index is 11.1. The molecule has 82 valence electrons. The van der Waals surface area contributed by atoms with Crippen LogP contribution in [0.25, 0.3) is 0 Å². The second-order valence-corrected chi connectivity index (χ2v) is 5.08. The zero-order valence-corrected chi connectivity index (χ0v) is 10.6. The van der Waals surface area contributed by atoms with Crippen molar-refractivity contribution in [3.05, 3.63) is 10.6 Å². The molecule has 0 saturated heterocycles. The minimum absolute atomic E-state index is 0.0999. The summed E-state index contributed by atoms with van der Waals surface area (Å²) in [7, 11) is 1.34. The lowest BCUT2D eigenvalue weighted by Gasteiger charge is -2.26. The van der Waals surface area contributed by atoms with E-state index in [-0.39, 0.29) is 16.9 Å². The molecule has 0 fully saturated rings. The molecule has 0 aliphatic carbocycles. The standard InChI is InChI=1S/C9H13Cl3O2/c1-9(2,5-8(13)14-3)6(10)4-7(11)12/h4,6H,5H2,1-3H3. The maximum Gasteiger partial charge on any atom is 0.306 e. The number of rotatable bonds is 4. The number of halogens is 3. The number of hydrogen-bond donors (Lipinski definition) is 0. The lowest BCUT2D eigenvalue weighted by molar-refractivity contribution is -0.142. The number of alkyl halides is 1. The van der Waals surface area contributed by atoms with Crippen LogP contribution in [0.3, 0.4) is 0 Å². The van der Waals surface area contributed by atoms with Gasteiger partial charge in [-0.15, -0.1) is 11.6 Å². The van der Waals surface area contributed by atoms with E-state index in [1.807, 2.05) is 13.8 Å². The first-order valence-electron chi connectivity index (χ1n) is 4.03. The highest BCUT2D eigenvalue weighted by molar-refractivity contribution is 6.56. The van der Waals surface area contributed by atoms with E-state index in [4.69, 9.17) is 34.8 Å². The molecule has 0 N–H and O–H groups in total. The van der Waals surface area contributed by atoms with Crippen LogP contribution < -0.4 is 0 Å². The van der Waals surface area contributed by atoms with Crippen molar-refractivity contribution in [2.24, 2.45) is 5.41 Å². The molecular weight excluding hydrogens is 246 g/mol. The molecule has 0 heterocycles. The molecular formula is C9H13Cl3O2. The first-order chi connectivity index (χ1) is 6.29. The van der Waals surface area contributed by atoms with Gasteiger partial charge in [0.05, 0.1) is 18.9 Å². The van der Waals surface area contributed by atoms with Crippen molar-refractivity contribution in [2.75, 3.05) is 7.11 Å². The summed E-state index contributed by atoms with van der Waals surface area (Å²) in [6.45, 7) is 3.68. The Morgan fingerprint density at radius 1 is 1.50 bits per heavy atom. The third-order valence-corrected chi connectivity index (χ3v) is 2.82. The minimum Gasteiger partial charge on any atom is -0.469 e. The Bertz CT molecular complexity index is 232. The molecule has 0 aliphatic rings. The van der Waals surface area contributed by atoms with E-state index in [0.29, 0.717) is 0 Å². The number of carbonyl (C=O) groups is 1. The van der Waals surface area contributed by atoms with Crippen LogP contribution in [0, 0.1) is 5.41 Å². The second kappa shape index (κ2) is 5.84. The SMILES string of the molecule is COC(=O)CC(C)(C)C(Cl)C=C(Cl)Cl. The summed E-state index contributed by atoms with van der Waals surface area (Å²) in [5.41, 5.74) is -0.441. The summed E-state index contributed by atoms with van der Waals surface area (Å²) in [4.78, 5) is 11.1. The van der Waals surface area contributed by atoms with Gasteiger partial charge in [-0.25, -0.2) is 0 Å². The molecule has 0 aromatic heterocycles. The average Bonchev–Trinajstić information content (AvgIpc) is 2.02. The van der Waals surface area contributed by atoms with Gasteiger partial charge in [-0.05, 0) is 11.5 Å². The van der Waals surface area contributed by atoms with Crippen LogP contribution in [0.5, 0.6) is 0 Å². The predicted molar refractivity (Wildman–Crippen MR) is 59.8 cm³/mol. The Morgan fingerprint density at radius 2 is 2.00 bits per heavy atom. The summed E-state index contributed by atoms with van der Waals surface area (Å²) in [5, 5.41) is -0.411. The van der Waals surface area contributed by atoms with Crippen molar-refractivity contribution in [1.82, 2.24) is 0 Å². The molecule has 0 rings (SSSR count). The second-order valence-electron chi connectivity index (χ2n) is 3.60. The van der Waals surface area contributed by atoms with Gasteiger partial charge in [0, 0.05) is 0 Å². The van der Waals surface area contributed by atoms with Gasteiger partial charge in [-0.2, -0.15) is 0 Å². The van der Waals surface area contributed by atoms with Crippen molar-refractivity contribution in [3.63, 3.8) is 0 Å². The molecule has 0 aliphatic heterocycles. The molecule has 0 aromatic carbocycles. The molecule has 2 nitrogen and oxygen atoms in total. The van der Waals surface area contributed by atoms with Crippen molar-refractivity contribution < 1.29 is 9.53 Å². The van der Waals surface area contributed by atoms with Crippen LogP contribution in [-0.4, -0.2) is 18.5 Å². The van der Waals surface area contributed by atoms with E-state index >= 15 is 0 Å². The Balaban J connectivity index is 4.45. The smallest absolute Gasteiger partial charge is 0.306 e. The first kappa shape index (κ1) is 14.1. The molecule has 0 amide bonds. The van der Waals surface area contributed by atoms with E-state index in [1.165, 1.54) is 13.2 Å². The van der Waals surface area contributed by atoms with Crippen LogP contribution in [0.4, 0.5) is 0 Å². The fourth-order valence-corrected chi connectivity index (χ4v) is 1.46. The van der Waals surface area contributed by atoms with Gasteiger partial charge in [0.1, 0.15) is 4.49 Å². The van der Waals surface area contributed by atoms with Crippen LogP contribution in [-0.2, 0) is 9.53 Å². The zero-order chi connectivity index (χ0) is 11.4. The third-order valence-electron chi connectivity index (χ3n) is 1.85. The van der Waals surface area contributed by atoms with Crippen LogP contribution in [0.1, 0.15) is 20.3 Å². The number of ether oxygens (including phenoxy) is 1. The first-order valence-corrected chi connectivity index (χ1v) is 5.22. The number of hydrogen-bond acceptors (Lipinski definition) is 2. The highest BCUT2D eigenvalue weighted by Gasteiger charge is 2.29. The van der Waals surface area contributed by atoms with E-state index in [0.717, 1.165) is 0 Å². The molecule has 5 heteroatoms. The normalized spacial score (nSPS) is 13.3. The minimum atomic E-state index is -0.441. The lowest BCUT2D eigenvalue weighted by Crippen LogP contribution is -2.27. The van der Waals surface area contributed by atoms with Crippen molar-refractivity contribution in [3.8, 4) is 0 Å². The Morgan fingerprint density at radius 3 is 2.36 bits per heavy atom. The lowest BCUT2D eigenvalue weighted by atomic mass is 9.85. The third kappa shape index (κ3) is 5.08. The predicted octanol–water partition coefficient (Wildman–Crippen LogP) is 3.50. The number of carbonyl (C=O) groups excluding carboxylic acids is 1. The van der Waals surface area contributed by atoms with Crippen LogP contribution in [0.2, 0.25) is 0 Å². The summed E-state index contributed by atoms with van der Waals surface area (Å²) in [6.07, 6.45) is 1.71. The Kier molecular flexibility index (Phi) is 5.87. The van der Waals surface area contributed by atoms with E-state index in [2.05, 4.69) is 4.74 Å². The van der Waals surface area contributed by atoms with Gasteiger partial charge in [0.2, 0.25) is 0 Å². The fourth-order valence-electron chi connectivity index (χ4n) is 0.878. The highest BCUT2D eigenvalue weighted by Crippen LogP contribution is 2.32. The summed E-state index contributed by atoms with van der Waals surface area (Å²) < 4.78 is 4.66. The highest BCUT2D eigenvalue weighted by atomic mass is 35.5. The topological polar surface area (TPSA) is 26.3 Å². The summed E-state index contributed by atoms with van der Waals surface area (Å²) >= 11 is 17.0. The molecule has 1 atom stereocenters. The van der Waals surface area contributed by atoms with E-state index in [9.17, 15) is 4.79 Å². The number of methoxy groups -OCH3 is 1. The van der Waals surface area contributed by atoms with Gasteiger partial charge in [0.15, 0.2) is 0 Å². The average molecular weight is 260 g/mol. The molecule has 0 aromatic rings. The van der Waals surface area contributed by atoms with Gasteiger partial charge in [-0.3, -0.25) is 4.79 Å². The molecule has 0 spiro atoms. The van der Waals surface area contributed by atoms with Gasteiger partial charge < -0.3 is 4.74 Å². The monoisotopic (exact) mass is 258 g/mol. The van der Waals surface area contributed by atoms with E-state index < -0.39 is 10.8 Å². The molecule has 0 bridgehead atoms. The molecule has 1 unspecified atom stereocenters. The van der Waals surface area contributed by atoms with Crippen molar-refractivity contribution >= 4 is 40.8 Å². The number of esters is 1. The Hall–Kier alpha value is 0.0800. The number of allylic oxidation sites excluding steroid dienone is 1. The van der Waals surface area contributed by atoms with Gasteiger partial charge in [-0.1, -0.05) is 37.0 Å². The molecule has 0 saturated carbocycles. The summed E-state index contributed by atoms with van der Waals surface area (Å²) in [6, 6.07) is 0. The summed E-state index contributed by atoms with van der Waals surface area (Å²) in [5.74, 6) is -0.306.